The number of pyridine rings is 2. The molecule has 2 aliphatic carbocycles. The fourth-order valence-electron chi connectivity index (χ4n) is 6.81. The van der Waals surface area contributed by atoms with Gasteiger partial charge < -0.3 is 18.9 Å². The van der Waals surface area contributed by atoms with E-state index < -0.39 is 29.7 Å². The Morgan fingerprint density at radius 2 is 1.79 bits per heavy atom. The van der Waals surface area contributed by atoms with Crippen LogP contribution in [0.1, 0.15) is 65.4 Å². The first-order valence-electron chi connectivity index (χ1n) is 15.6. The van der Waals surface area contributed by atoms with Crippen molar-refractivity contribution < 1.29 is 32.0 Å². The number of carbonyl (C=O) groups excluding carboxylic acids is 1. The number of nitrogens with zero attached hydrogens (tertiary/aromatic N) is 4. The summed E-state index contributed by atoms with van der Waals surface area (Å²) in [6, 6.07) is 5.51. The molecule has 4 aromatic rings. The topological polar surface area (TPSA) is 90.6 Å². The smallest absolute Gasteiger partial charge is 0.417 e. The summed E-state index contributed by atoms with van der Waals surface area (Å²) in [5.74, 6) is 0.178. The summed E-state index contributed by atoms with van der Waals surface area (Å²) >= 11 is 13.0. The summed E-state index contributed by atoms with van der Waals surface area (Å²) in [5.41, 5.74) is 2.62. The highest BCUT2D eigenvalue weighted by molar-refractivity contribution is 6.39. The van der Waals surface area contributed by atoms with Crippen LogP contribution < -0.4 is 4.90 Å². The Labute approximate surface area is 282 Å². The van der Waals surface area contributed by atoms with E-state index in [2.05, 4.69) is 26.1 Å². The molecule has 1 unspecified atom stereocenters. The lowest BCUT2D eigenvalue weighted by Crippen LogP contribution is -2.42. The average molecular weight is 696 g/mol. The standard InChI is InChI=1S/C35H27Cl2F3N4O4/c36-24-17-41-18-25(37)30(24)31-29(32(48-43-31)19-4-5-19)20-15-34(16-20)8-10-44(11-9-34)21-6-7-26-22(13-21)23(35(38,39)40)14-27(42-26)33(45)47-28-3-1-2-12-46-28/h1-3,6-7,12-15,17-19,28H,4-5,8-11,16H2. The third-order valence-electron chi connectivity index (χ3n) is 9.43. The zero-order valence-corrected chi connectivity index (χ0v) is 26.8. The lowest BCUT2D eigenvalue weighted by molar-refractivity contribution is -0.136. The van der Waals surface area contributed by atoms with Gasteiger partial charge in [-0.2, -0.15) is 13.2 Å². The maximum atomic E-state index is 14.3. The van der Waals surface area contributed by atoms with E-state index >= 15 is 0 Å². The number of aromatic nitrogens is 3. The van der Waals surface area contributed by atoms with Crippen LogP contribution in [0.2, 0.25) is 10.0 Å². The number of piperidine rings is 1. The van der Waals surface area contributed by atoms with Crippen LogP contribution >= 0.6 is 23.2 Å². The molecule has 5 heterocycles. The minimum atomic E-state index is -4.72. The molecule has 1 saturated carbocycles. The molecule has 1 saturated heterocycles. The number of carbonyl (C=O) groups is 1. The minimum absolute atomic E-state index is 0.0369. The Hall–Kier alpha value is -4.35. The van der Waals surface area contributed by atoms with Crippen molar-refractivity contribution in [1.29, 1.82) is 0 Å². The Morgan fingerprint density at radius 1 is 1.04 bits per heavy atom. The summed E-state index contributed by atoms with van der Waals surface area (Å²) < 4.78 is 59.1. The fourth-order valence-corrected chi connectivity index (χ4v) is 7.35. The quantitative estimate of drug-likeness (QED) is 0.185. The van der Waals surface area contributed by atoms with Crippen LogP contribution in [0.4, 0.5) is 18.9 Å². The second-order valence-electron chi connectivity index (χ2n) is 12.6. The molecule has 8 nitrogen and oxygen atoms in total. The van der Waals surface area contributed by atoms with Crippen molar-refractivity contribution in [1.82, 2.24) is 15.1 Å². The molecule has 1 spiro atoms. The van der Waals surface area contributed by atoms with Gasteiger partial charge in [0.25, 0.3) is 6.29 Å². The van der Waals surface area contributed by atoms with Crippen molar-refractivity contribution >= 4 is 51.3 Å². The summed E-state index contributed by atoms with van der Waals surface area (Å²) in [5, 5.41) is 5.13. The Balaban J connectivity index is 1.03. The van der Waals surface area contributed by atoms with Crippen molar-refractivity contribution in [2.24, 2.45) is 5.41 Å². The van der Waals surface area contributed by atoms with E-state index in [0.29, 0.717) is 46.0 Å². The summed E-state index contributed by atoms with van der Waals surface area (Å²) in [6.45, 7) is 1.32. The molecule has 0 N–H and O–H groups in total. The molecular weight excluding hydrogens is 668 g/mol. The van der Waals surface area contributed by atoms with Crippen LogP contribution in [0.15, 0.2) is 71.7 Å². The normalized spacial score (nSPS) is 20.1. The van der Waals surface area contributed by atoms with Crippen molar-refractivity contribution in [3.63, 3.8) is 0 Å². The number of benzene rings is 1. The largest absolute Gasteiger partial charge is 0.459 e. The summed E-state index contributed by atoms with van der Waals surface area (Å²) in [7, 11) is 0. The number of esters is 1. The Morgan fingerprint density at radius 3 is 2.46 bits per heavy atom. The number of alkyl halides is 3. The van der Waals surface area contributed by atoms with E-state index in [1.165, 1.54) is 24.5 Å². The summed E-state index contributed by atoms with van der Waals surface area (Å²) in [6.07, 6.45) is 10.2. The van der Waals surface area contributed by atoms with E-state index in [4.69, 9.17) is 37.2 Å². The van der Waals surface area contributed by atoms with Crippen LogP contribution in [0.25, 0.3) is 27.7 Å². The first-order valence-corrected chi connectivity index (χ1v) is 16.3. The summed E-state index contributed by atoms with van der Waals surface area (Å²) in [4.78, 5) is 23.1. The molecule has 3 aromatic heterocycles. The molecule has 0 amide bonds. The van der Waals surface area contributed by atoms with Gasteiger partial charge in [-0.3, -0.25) is 4.98 Å². The molecule has 1 atom stereocenters. The number of rotatable bonds is 6. The third kappa shape index (κ3) is 5.62. The maximum absolute atomic E-state index is 14.3. The van der Waals surface area contributed by atoms with E-state index in [0.717, 1.165) is 55.1 Å². The number of hydrogen-bond donors (Lipinski definition) is 0. The van der Waals surface area contributed by atoms with Gasteiger partial charge in [0.15, 0.2) is 0 Å². The van der Waals surface area contributed by atoms with Gasteiger partial charge in [-0.15, -0.1) is 0 Å². The molecule has 0 bridgehead atoms. The van der Waals surface area contributed by atoms with Crippen LogP contribution in [0.3, 0.4) is 0 Å². The first kappa shape index (κ1) is 31.0. The highest BCUT2D eigenvalue weighted by atomic mass is 35.5. The fraction of sp³-hybridized carbons (Fsp3) is 0.314. The molecule has 4 aliphatic rings. The predicted molar refractivity (Wildman–Crippen MR) is 174 cm³/mol. The molecule has 2 aliphatic heterocycles. The van der Waals surface area contributed by atoms with E-state index in [1.807, 2.05) is 0 Å². The van der Waals surface area contributed by atoms with Crippen LogP contribution in [-0.2, 0) is 15.7 Å². The second-order valence-corrected chi connectivity index (χ2v) is 13.4. The Kier molecular flexibility index (Phi) is 7.52. The predicted octanol–water partition coefficient (Wildman–Crippen LogP) is 9.14. The first-order chi connectivity index (χ1) is 23.1. The molecule has 2 fully saturated rings. The number of fused-ring (bicyclic) bond motifs is 1. The lowest BCUT2D eigenvalue weighted by atomic mass is 9.63. The minimum Gasteiger partial charge on any atom is -0.459 e. The van der Waals surface area contributed by atoms with E-state index in [1.54, 1.807) is 30.6 Å². The van der Waals surface area contributed by atoms with Gasteiger partial charge in [0.1, 0.15) is 17.1 Å². The molecule has 1 aromatic carbocycles. The SMILES string of the molecule is O=C(OC1C=CC=CO1)c1cc(C(F)(F)F)c2cc(N3CCC4(C=C(c5c(-c6c(Cl)cncc6Cl)noc5C5CC5)C4)CC3)ccc2n1. The number of hydrogen-bond acceptors (Lipinski definition) is 8. The third-order valence-corrected chi connectivity index (χ3v) is 10.00. The molecular formula is C35H27Cl2F3N4O4. The van der Waals surface area contributed by atoms with Crippen molar-refractivity contribution in [2.75, 3.05) is 18.0 Å². The van der Waals surface area contributed by atoms with E-state index in [9.17, 15) is 18.0 Å². The number of anilines is 1. The van der Waals surface area contributed by atoms with Gasteiger partial charge in [0, 0.05) is 53.6 Å². The number of halogens is 5. The van der Waals surface area contributed by atoms with Gasteiger partial charge in [-0.05, 0) is 79.5 Å². The maximum Gasteiger partial charge on any atom is 0.417 e. The van der Waals surface area contributed by atoms with Crippen LogP contribution in [-0.4, -0.2) is 40.5 Å². The van der Waals surface area contributed by atoms with Crippen molar-refractivity contribution in [2.45, 2.75) is 50.5 Å². The highest BCUT2D eigenvalue weighted by Crippen LogP contribution is 2.56. The molecule has 13 heteroatoms. The van der Waals surface area contributed by atoms with Crippen molar-refractivity contribution in [3.05, 3.63) is 99.9 Å². The second kappa shape index (κ2) is 11.7. The van der Waals surface area contributed by atoms with Gasteiger partial charge in [0.2, 0.25) is 0 Å². The molecule has 0 radical (unpaired) electrons. The Bertz CT molecular complexity index is 2020. The van der Waals surface area contributed by atoms with Crippen LogP contribution in [0, 0.1) is 5.41 Å². The van der Waals surface area contributed by atoms with Crippen molar-refractivity contribution in [3.8, 4) is 11.3 Å². The van der Waals surface area contributed by atoms with Crippen LogP contribution in [0.5, 0.6) is 0 Å². The monoisotopic (exact) mass is 694 g/mol. The zero-order valence-electron chi connectivity index (χ0n) is 25.3. The number of allylic oxidation sites excluding steroid dienone is 4. The zero-order chi connectivity index (χ0) is 33.2. The van der Waals surface area contributed by atoms with Gasteiger partial charge in [0.05, 0.1) is 27.4 Å². The molecule has 48 heavy (non-hydrogen) atoms. The molecule has 8 rings (SSSR count). The molecule has 246 valence electrons. The highest BCUT2D eigenvalue weighted by Gasteiger charge is 2.44. The van der Waals surface area contributed by atoms with E-state index in [-0.39, 0.29) is 16.3 Å². The lowest BCUT2D eigenvalue weighted by Gasteiger charge is -2.47. The van der Waals surface area contributed by atoms with Gasteiger partial charge in [-0.25, -0.2) is 9.78 Å². The van der Waals surface area contributed by atoms with Gasteiger partial charge in [-0.1, -0.05) is 40.5 Å². The average Bonchev–Trinajstić information content (AvgIpc) is 3.82. The number of ether oxygens (including phenoxy) is 2. The van der Waals surface area contributed by atoms with Gasteiger partial charge >= 0.3 is 12.1 Å².